The molecule has 0 fully saturated rings. The maximum atomic E-state index is 10.5. The highest BCUT2D eigenvalue weighted by Crippen LogP contribution is 2.22. The van der Waals surface area contributed by atoms with Crippen molar-refractivity contribution in [1.29, 1.82) is 0 Å². The highest BCUT2D eigenvalue weighted by molar-refractivity contribution is 5.83. The minimum Gasteiger partial charge on any atom is -0.465 e. The van der Waals surface area contributed by atoms with Crippen molar-refractivity contribution in [3.8, 4) is 23.0 Å². The molecule has 0 unspecified atom stereocenters. The lowest BCUT2D eigenvalue weighted by atomic mass is 10.2. The summed E-state index contributed by atoms with van der Waals surface area (Å²) < 4.78 is 5.17. The number of hydrogen-bond acceptors (Lipinski definition) is 5. The number of aromatic nitrogens is 3. The van der Waals surface area contributed by atoms with Gasteiger partial charge < -0.3 is 9.63 Å². The van der Waals surface area contributed by atoms with E-state index in [4.69, 9.17) is 9.63 Å². The van der Waals surface area contributed by atoms with E-state index in [1.807, 2.05) is 6.07 Å². The average molecular weight is 282 g/mol. The standard InChI is InChI=1S/C14H10N4O3/c19-14(20)16-10-6-4-9(5-7-10)12-17-13(21-18-12)11-3-1-2-8-15-11/h1-8,16H,(H,19,20). The fourth-order valence-corrected chi connectivity index (χ4v) is 1.76. The zero-order chi connectivity index (χ0) is 14.7. The third kappa shape index (κ3) is 2.86. The second kappa shape index (κ2) is 5.41. The summed E-state index contributed by atoms with van der Waals surface area (Å²) in [6, 6.07) is 12.1. The van der Waals surface area contributed by atoms with Crippen LogP contribution in [-0.2, 0) is 0 Å². The topological polar surface area (TPSA) is 101 Å². The molecule has 0 aliphatic heterocycles. The second-order valence-electron chi connectivity index (χ2n) is 4.15. The van der Waals surface area contributed by atoms with Crippen molar-refractivity contribution in [2.45, 2.75) is 0 Å². The molecule has 0 aliphatic rings. The minimum absolute atomic E-state index is 0.332. The molecule has 2 aromatic heterocycles. The van der Waals surface area contributed by atoms with Crippen LogP contribution in [-0.4, -0.2) is 26.3 Å². The van der Waals surface area contributed by atoms with Gasteiger partial charge in [-0.05, 0) is 36.4 Å². The summed E-state index contributed by atoms with van der Waals surface area (Å²) in [7, 11) is 0. The third-order valence-corrected chi connectivity index (χ3v) is 2.70. The molecule has 2 heterocycles. The molecule has 3 rings (SSSR count). The lowest BCUT2D eigenvalue weighted by molar-refractivity contribution is 0.210. The van der Waals surface area contributed by atoms with Gasteiger partial charge in [-0.15, -0.1) is 0 Å². The average Bonchev–Trinajstić information content (AvgIpc) is 2.98. The molecule has 2 N–H and O–H groups in total. The van der Waals surface area contributed by atoms with Crippen LogP contribution in [0.1, 0.15) is 0 Å². The highest BCUT2D eigenvalue weighted by atomic mass is 16.5. The number of pyridine rings is 1. The van der Waals surface area contributed by atoms with Crippen LogP contribution in [0.25, 0.3) is 23.0 Å². The smallest absolute Gasteiger partial charge is 0.409 e. The van der Waals surface area contributed by atoms with Gasteiger partial charge in [0.15, 0.2) is 0 Å². The Balaban J connectivity index is 1.85. The summed E-state index contributed by atoms with van der Waals surface area (Å²) in [6.45, 7) is 0. The normalized spacial score (nSPS) is 10.3. The molecule has 0 aliphatic carbocycles. The van der Waals surface area contributed by atoms with Gasteiger partial charge in [0.2, 0.25) is 5.82 Å². The lowest BCUT2D eigenvalue weighted by Crippen LogP contribution is -2.06. The van der Waals surface area contributed by atoms with Crippen LogP contribution in [0, 0.1) is 0 Å². The molecule has 0 bridgehead atoms. The Morgan fingerprint density at radius 2 is 1.95 bits per heavy atom. The number of nitrogens with one attached hydrogen (secondary N) is 1. The van der Waals surface area contributed by atoms with E-state index in [1.54, 1.807) is 42.6 Å². The molecule has 0 spiro atoms. The van der Waals surface area contributed by atoms with Crippen molar-refractivity contribution in [2.75, 3.05) is 5.32 Å². The van der Waals surface area contributed by atoms with E-state index in [1.165, 1.54) is 0 Å². The molecule has 1 amide bonds. The van der Waals surface area contributed by atoms with Crippen molar-refractivity contribution in [1.82, 2.24) is 15.1 Å². The molecular formula is C14H10N4O3. The Labute approximate surface area is 119 Å². The van der Waals surface area contributed by atoms with Crippen LogP contribution in [0.3, 0.4) is 0 Å². The Morgan fingerprint density at radius 3 is 2.62 bits per heavy atom. The Morgan fingerprint density at radius 1 is 1.14 bits per heavy atom. The summed E-state index contributed by atoms with van der Waals surface area (Å²) in [4.78, 5) is 18.9. The summed E-state index contributed by atoms with van der Waals surface area (Å²) in [6.07, 6.45) is 0.533. The fourth-order valence-electron chi connectivity index (χ4n) is 1.76. The van der Waals surface area contributed by atoms with Gasteiger partial charge in [0.1, 0.15) is 5.69 Å². The number of anilines is 1. The van der Waals surface area contributed by atoms with Crippen LogP contribution >= 0.6 is 0 Å². The maximum absolute atomic E-state index is 10.5. The van der Waals surface area contributed by atoms with Gasteiger partial charge >= 0.3 is 6.09 Å². The first-order chi connectivity index (χ1) is 10.2. The van der Waals surface area contributed by atoms with Crippen LogP contribution in [0.2, 0.25) is 0 Å². The Hall–Kier alpha value is -3.22. The Bertz CT molecular complexity index is 753. The number of amides is 1. The fraction of sp³-hybridized carbons (Fsp3) is 0. The monoisotopic (exact) mass is 282 g/mol. The lowest BCUT2D eigenvalue weighted by Gasteiger charge is -2.00. The van der Waals surface area contributed by atoms with E-state index in [0.717, 1.165) is 5.56 Å². The molecular weight excluding hydrogens is 272 g/mol. The van der Waals surface area contributed by atoms with Gasteiger partial charge in [-0.3, -0.25) is 10.3 Å². The van der Waals surface area contributed by atoms with Crippen LogP contribution in [0.4, 0.5) is 10.5 Å². The van der Waals surface area contributed by atoms with E-state index in [-0.39, 0.29) is 0 Å². The molecule has 3 aromatic rings. The number of benzene rings is 1. The second-order valence-corrected chi connectivity index (χ2v) is 4.15. The van der Waals surface area contributed by atoms with Crippen molar-refractivity contribution in [3.05, 3.63) is 48.7 Å². The first-order valence-electron chi connectivity index (χ1n) is 6.08. The SMILES string of the molecule is O=C(O)Nc1ccc(-c2noc(-c3ccccn3)n2)cc1. The highest BCUT2D eigenvalue weighted by Gasteiger charge is 2.11. The summed E-state index contributed by atoms with van der Waals surface area (Å²) >= 11 is 0. The molecule has 104 valence electrons. The van der Waals surface area contributed by atoms with E-state index in [9.17, 15) is 4.79 Å². The van der Waals surface area contributed by atoms with Crippen molar-refractivity contribution in [2.24, 2.45) is 0 Å². The van der Waals surface area contributed by atoms with Crippen LogP contribution in [0.5, 0.6) is 0 Å². The van der Waals surface area contributed by atoms with Gasteiger partial charge in [0, 0.05) is 17.4 Å². The van der Waals surface area contributed by atoms with Crippen LogP contribution < -0.4 is 5.32 Å². The largest absolute Gasteiger partial charge is 0.465 e. The minimum atomic E-state index is -1.11. The molecule has 1 aromatic carbocycles. The molecule has 7 nitrogen and oxygen atoms in total. The molecule has 0 saturated heterocycles. The number of rotatable bonds is 3. The third-order valence-electron chi connectivity index (χ3n) is 2.70. The van der Waals surface area contributed by atoms with Gasteiger partial charge in [-0.2, -0.15) is 4.98 Å². The van der Waals surface area contributed by atoms with Gasteiger partial charge in [-0.25, -0.2) is 4.79 Å². The van der Waals surface area contributed by atoms with Gasteiger partial charge in [0.25, 0.3) is 5.89 Å². The maximum Gasteiger partial charge on any atom is 0.409 e. The number of nitrogens with zero attached hydrogens (tertiary/aromatic N) is 3. The zero-order valence-electron chi connectivity index (χ0n) is 10.7. The quantitative estimate of drug-likeness (QED) is 0.766. The van der Waals surface area contributed by atoms with Gasteiger partial charge in [0.05, 0.1) is 0 Å². The molecule has 21 heavy (non-hydrogen) atoms. The number of hydrogen-bond donors (Lipinski definition) is 2. The van der Waals surface area contributed by atoms with E-state index in [0.29, 0.717) is 23.1 Å². The van der Waals surface area contributed by atoms with E-state index >= 15 is 0 Å². The first-order valence-corrected chi connectivity index (χ1v) is 6.08. The number of carboxylic acid groups (broad SMARTS) is 1. The summed E-state index contributed by atoms with van der Waals surface area (Å²) in [5.74, 6) is 0.746. The van der Waals surface area contributed by atoms with E-state index < -0.39 is 6.09 Å². The molecule has 7 heteroatoms. The predicted octanol–water partition coefficient (Wildman–Crippen LogP) is 2.89. The summed E-state index contributed by atoms with van der Waals surface area (Å²) in [5, 5.41) is 14.8. The summed E-state index contributed by atoms with van der Waals surface area (Å²) in [5.41, 5.74) is 1.79. The first kappa shape index (κ1) is 12.8. The van der Waals surface area contributed by atoms with E-state index in [2.05, 4.69) is 20.4 Å². The molecule has 0 atom stereocenters. The Kier molecular flexibility index (Phi) is 3.30. The zero-order valence-corrected chi connectivity index (χ0v) is 10.7. The van der Waals surface area contributed by atoms with Gasteiger partial charge in [-0.1, -0.05) is 11.2 Å². The van der Waals surface area contributed by atoms with Crippen molar-refractivity contribution in [3.63, 3.8) is 0 Å². The predicted molar refractivity (Wildman–Crippen MR) is 74.6 cm³/mol. The molecule has 0 radical (unpaired) electrons. The van der Waals surface area contributed by atoms with Crippen LogP contribution in [0.15, 0.2) is 53.2 Å². The number of carbonyl (C=O) groups is 1. The van der Waals surface area contributed by atoms with Crippen molar-refractivity contribution < 1.29 is 14.4 Å². The van der Waals surface area contributed by atoms with Crippen molar-refractivity contribution >= 4 is 11.8 Å². The molecule has 0 saturated carbocycles.